The van der Waals surface area contributed by atoms with Gasteiger partial charge in [-0.1, -0.05) is 30.2 Å². The molecular formula is C17H13NO. The molecule has 92 valence electrons. The Balaban J connectivity index is 2.01. The third-order valence-corrected chi connectivity index (χ3v) is 2.96. The van der Waals surface area contributed by atoms with E-state index in [2.05, 4.69) is 11.8 Å². The van der Waals surface area contributed by atoms with Crippen LogP contribution >= 0.6 is 0 Å². The van der Waals surface area contributed by atoms with Crippen molar-refractivity contribution in [2.45, 2.75) is 6.92 Å². The van der Waals surface area contributed by atoms with Gasteiger partial charge in [-0.3, -0.25) is 0 Å². The summed E-state index contributed by atoms with van der Waals surface area (Å²) in [4.78, 5) is 0. The monoisotopic (exact) mass is 247 g/mol. The molecule has 2 aromatic carbocycles. The lowest BCUT2D eigenvalue weighted by molar-refractivity contribution is 0.599. The Morgan fingerprint density at radius 3 is 2.63 bits per heavy atom. The molecular weight excluding hydrogens is 234 g/mol. The van der Waals surface area contributed by atoms with E-state index in [-0.39, 0.29) is 0 Å². The van der Waals surface area contributed by atoms with Crippen molar-refractivity contribution < 1.29 is 4.42 Å². The molecule has 2 N–H and O–H groups in total. The SMILES string of the molecule is Cc1cccc2cc(C#Cc3cccc(N)c3)oc12. The van der Waals surface area contributed by atoms with Crippen molar-refractivity contribution in [2.24, 2.45) is 0 Å². The Labute approximate surface area is 111 Å². The molecule has 0 aliphatic rings. The molecule has 0 saturated carbocycles. The predicted octanol–water partition coefficient (Wildman–Crippen LogP) is 3.72. The van der Waals surface area contributed by atoms with Crippen molar-refractivity contribution in [1.29, 1.82) is 0 Å². The number of nitrogen functional groups attached to an aromatic ring is 1. The van der Waals surface area contributed by atoms with Gasteiger partial charge in [-0.05, 0) is 36.6 Å². The fourth-order valence-corrected chi connectivity index (χ4v) is 2.02. The van der Waals surface area contributed by atoms with Gasteiger partial charge in [-0.25, -0.2) is 0 Å². The first-order valence-electron chi connectivity index (χ1n) is 6.09. The van der Waals surface area contributed by atoms with Gasteiger partial charge in [-0.2, -0.15) is 0 Å². The van der Waals surface area contributed by atoms with Crippen LogP contribution in [0.5, 0.6) is 0 Å². The number of furan rings is 1. The van der Waals surface area contributed by atoms with E-state index < -0.39 is 0 Å². The van der Waals surface area contributed by atoms with E-state index in [0.717, 1.165) is 22.1 Å². The van der Waals surface area contributed by atoms with Crippen molar-refractivity contribution in [2.75, 3.05) is 5.73 Å². The number of hydrogen-bond donors (Lipinski definition) is 1. The second-order valence-corrected chi connectivity index (χ2v) is 4.48. The Hall–Kier alpha value is -2.66. The quantitative estimate of drug-likeness (QED) is 0.485. The molecule has 2 heteroatoms. The van der Waals surface area contributed by atoms with Crippen LogP contribution in [-0.2, 0) is 0 Å². The van der Waals surface area contributed by atoms with Gasteiger partial charge in [0.05, 0.1) is 0 Å². The molecule has 1 heterocycles. The van der Waals surface area contributed by atoms with Crippen LogP contribution < -0.4 is 5.73 Å². The Bertz CT molecular complexity index is 803. The van der Waals surface area contributed by atoms with Crippen LogP contribution in [0.4, 0.5) is 5.69 Å². The lowest BCUT2D eigenvalue weighted by atomic mass is 10.2. The predicted molar refractivity (Wildman–Crippen MR) is 77.8 cm³/mol. The average Bonchev–Trinajstić information content (AvgIpc) is 2.81. The smallest absolute Gasteiger partial charge is 0.178 e. The standard InChI is InChI=1S/C17H13NO/c1-12-4-2-6-14-11-16(19-17(12)14)9-8-13-5-3-7-15(18)10-13/h2-7,10-11H,18H2,1H3. The number of aryl methyl sites for hydroxylation is 1. The van der Waals surface area contributed by atoms with Crippen LogP contribution in [0.3, 0.4) is 0 Å². The number of rotatable bonds is 0. The third kappa shape index (κ3) is 2.31. The summed E-state index contributed by atoms with van der Waals surface area (Å²) in [5, 5.41) is 1.08. The number of para-hydroxylation sites is 1. The Kier molecular flexibility index (Phi) is 2.74. The lowest BCUT2D eigenvalue weighted by Gasteiger charge is -1.92. The van der Waals surface area contributed by atoms with E-state index in [9.17, 15) is 0 Å². The molecule has 0 aliphatic heterocycles. The zero-order chi connectivity index (χ0) is 13.2. The van der Waals surface area contributed by atoms with E-state index in [1.807, 2.05) is 55.5 Å². The van der Waals surface area contributed by atoms with E-state index in [4.69, 9.17) is 10.2 Å². The largest absolute Gasteiger partial charge is 0.447 e. The molecule has 0 fully saturated rings. The number of hydrogen-bond acceptors (Lipinski definition) is 2. The van der Waals surface area contributed by atoms with Gasteiger partial charge >= 0.3 is 0 Å². The second-order valence-electron chi connectivity index (χ2n) is 4.48. The molecule has 2 nitrogen and oxygen atoms in total. The van der Waals surface area contributed by atoms with Gasteiger partial charge < -0.3 is 10.2 Å². The van der Waals surface area contributed by atoms with Crippen molar-refractivity contribution in [1.82, 2.24) is 0 Å². The molecule has 0 unspecified atom stereocenters. The average molecular weight is 247 g/mol. The fraction of sp³-hybridized carbons (Fsp3) is 0.0588. The van der Waals surface area contributed by atoms with Crippen LogP contribution in [0.1, 0.15) is 16.9 Å². The van der Waals surface area contributed by atoms with Crippen LogP contribution in [0.25, 0.3) is 11.0 Å². The van der Waals surface area contributed by atoms with Crippen LogP contribution in [-0.4, -0.2) is 0 Å². The zero-order valence-corrected chi connectivity index (χ0v) is 10.6. The summed E-state index contributed by atoms with van der Waals surface area (Å²) in [6.07, 6.45) is 0. The lowest BCUT2D eigenvalue weighted by Crippen LogP contribution is -1.84. The molecule has 0 atom stereocenters. The van der Waals surface area contributed by atoms with Gasteiger partial charge in [0.25, 0.3) is 0 Å². The van der Waals surface area contributed by atoms with Gasteiger partial charge in [0.2, 0.25) is 0 Å². The first kappa shape index (κ1) is 11.4. The van der Waals surface area contributed by atoms with E-state index in [1.165, 1.54) is 0 Å². The number of nitrogens with two attached hydrogens (primary N) is 1. The number of benzene rings is 2. The topological polar surface area (TPSA) is 39.2 Å². The zero-order valence-electron chi connectivity index (χ0n) is 10.6. The maximum absolute atomic E-state index is 5.75. The molecule has 0 amide bonds. The van der Waals surface area contributed by atoms with Gasteiger partial charge in [0.1, 0.15) is 5.58 Å². The fourth-order valence-electron chi connectivity index (χ4n) is 2.02. The second kappa shape index (κ2) is 4.55. The summed E-state index contributed by atoms with van der Waals surface area (Å²) in [6.45, 7) is 2.03. The highest BCUT2D eigenvalue weighted by Gasteiger charge is 2.03. The molecule has 1 aromatic heterocycles. The first-order chi connectivity index (χ1) is 9.22. The van der Waals surface area contributed by atoms with Gasteiger partial charge in [0, 0.05) is 22.7 Å². The highest BCUT2D eigenvalue weighted by atomic mass is 16.3. The van der Waals surface area contributed by atoms with E-state index in [1.54, 1.807) is 0 Å². The molecule has 0 spiro atoms. The van der Waals surface area contributed by atoms with Gasteiger partial charge in [-0.15, -0.1) is 0 Å². The summed E-state index contributed by atoms with van der Waals surface area (Å²) >= 11 is 0. The Morgan fingerprint density at radius 2 is 1.84 bits per heavy atom. The van der Waals surface area contributed by atoms with Crippen molar-refractivity contribution in [3.05, 3.63) is 65.4 Å². The summed E-state index contributed by atoms with van der Waals surface area (Å²) in [6, 6.07) is 15.5. The summed E-state index contributed by atoms with van der Waals surface area (Å²) in [5.41, 5.74) is 9.34. The number of fused-ring (bicyclic) bond motifs is 1. The maximum Gasteiger partial charge on any atom is 0.178 e. The van der Waals surface area contributed by atoms with Crippen LogP contribution in [0.2, 0.25) is 0 Å². The third-order valence-electron chi connectivity index (χ3n) is 2.96. The van der Waals surface area contributed by atoms with Crippen molar-refractivity contribution in [3.63, 3.8) is 0 Å². The molecule has 3 aromatic rings. The summed E-state index contributed by atoms with van der Waals surface area (Å²) in [5.74, 6) is 6.76. The van der Waals surface area contributed by atoms with Crippen LogP contribution in [0, 0.1) is 18.8 Å². The minimum absolute atomic E-state index is 0.673. The molecule has 0 radical (unpaired) electrons. The first-order valence-corrected chi connectivity index (χ1v) is 6.09. The molecule has 0 aliphatic carbocycles. The molecule has 0 saturated heterocycles. The highest BCUT2D eigenvalue weighted by Crippen LogP contribution is 2.22. The van der Waals surface area contributed by atoms with Crippen LogP contribution in [0.15, 0.2) is 52.9 Å². The maximum atomic E-state index is 5.75. The van der Waals surface area contributed by atoms with E-state index >= 15 is 0 Å². The van der Waals surface area contributed by atoms with E-state index in [0.29, 0.717) is 11.4 Å². The highest BCUT2D eigenvalue weighted by molar-refractivity contribution is 5.81. The van der Waals surface area contributed by atoms with Crippen molar-refractivity contribution in [3.8, 4) is 11.8 Å². The number of anilines is 1. The minimum atomic E-state index is 0.673. The summed E-state index contributed by atoms with van der Waals surface area (Å²) < 4.78 is 5.75. The normalized spacial score (nSPS) is 10.2. The Morgan fingerprint density at radius 1 is 1.00 bits per heavy atom. The molecule has 0 bridgehead atoms. The minimum Gasteiger partial charge on any atom is -0.447 e. The molecule has 3 rings (SSSR count). The van der Waals surface area contributed by atoms with Crippen molar-refractivity contribution >= 4 is 16.7 Å². The summed E-state index contributed by atoms with van der Waals surface area (Å²) in [7, 11) is 0. The molecule has 19 heavy (non-hydrogen) atoms. The van der Waals surface area contributed by atoms with Gasteiger partial charge in [0.15, 0.2) is 5.76 Å².